The maximum atomic E-state index is 12.1. The number of nitrogen functional groups attached to an aromatic ring is 1. The summed E-state index contributed by atoms with van der Waals surface area (Å²) in [5.74, 6) is 6.63. The zero-order valence-corrected chi connectivity index (χ0v) is 16.8. The molecule has 0 saturated heterocycles. The summed E-state index contributed by atoms with van der Waals surface area (Å²) < 4.78 is 6.35. The summed E-state index contributed by atoms with van der Waals surface area (Å²) in [5, 5.41) is 11.3. The molecule has 7 nitrogen and oxygen atoms in total. The molecule has 0 aliphatic rings. The number of nitrogens with two attached hydrogens (primary N) is 1. The summed E-state index contributed by atoms with van der Waals surface area (Å²) in [6.07, 6.45) is 0. The Balaban J connectivity index is 2.08. The number of thioether (sulfide) groups is 1. The molecule has 2 aromatic rings. The Bertz CT molecular complexity index is 737. The Hall–Kier alpha value is -2.06. The van der Waals surface area contributed by atoms with Crippen molar-refractivity contribution in [3.63, 3.8) is 0 Å². The lowest BCUT2D eigenvalue weighted by Crippen LogP contribution is -2.33. The van der Waals surface area contributed by atoms with Crippen LogP contribution in [-0.2, 0) is 14.9 Å². The van der Waals surface area contributed by atoms with E-state index < -0.39 is 0 Å². The van der Waals surface area contributed by atoms with Gasteiger partial charge in [-0.15, -0.1) is 10.2 Å². The molecule has 26 heavy (non-hydrogen) atoms. The average molecular weight is 378 g/mol. The summed E-state index contributed by atoms with van der Waals surface area (Å²) in [5.41, 5.74) is 2.21. The zero-order valence-electron chi connectivity index (χ0n) is 15.9. The molecule has 8 heteroatoms. The lowest BCUT2D eigenvalue weighted by Gasteiger charge is -2.19. The Morgan fingerprint density at radius 1 is 1.31 bits per heavy atom. The topological polar surface area (TPSA) is 95.1 Å². The number of amides is 1. The first-order chi connectivity index (χ1) is 12.2. The second-order valence-corrected chi connectivity index (χ2v) is 8.36. The van der Waals surface area contributed by atoms with Crippen LogP contribution in [0.5, 0.6) is 0 Å². The summed E-state index contributed by atoms with van der Waals surface area (Å²) in [6.45, 7) is 9.26. The monoisotopic (exact) mass is 377 g/mol. The standard InChI is InChI=1S/C18H27N5O2S/c1-12(16(24)20-10-11-25-5)26-17-22-21-15(23(17)19)13-6-8-14(9-7-13)18(2,3)4/h6-9,12H,10-11,19H2,1-5H3,(H,20,24)/t12-/m1/s1. The van der Waals surface area contributed by atoms with Crippen molar-refractivity contribution in [3.8, 4) is 11.4 Å². The third-order valence-electron chi connectivity index (χ3n) is 3.93. The van der Waals surface area contributed by atoms with Gasteiger partial charge in [-0.1, -0.05) is 56.8 Å². The van der Waals surface area contributed by atoms with Crippen molar-refractivity contribution in [1.82, 2.24) is 20.2 Å². The third kappa shape index (κ3) is 4.98. The first-order valence-electron chi connectivity index (χ1n) is 8.48. The van der Waals surface area contributed by atoms with Crippen molar-refractivity contribution < 1.29 is 9.53 Å². The van der Waals surface area contributed by atoms with Gasteiger partial charge in [0.1, 0.15) is 0 Å². The summed E-state index contributed by atoms with van der Waals surface area (Å²) in [7, 11) is 1.59. The number of nitrogens with zero attached hydrogens (tertiary/aromatic N) is 3. The van der Waals surface area contributed by atoms with Crippen molar-refractivity contribution in [2.75, 3.05) is 26.1 Å². The van der Waals surface area contributed by atoms with Gasteiger partial charge < -0.3 is 15.9 Å². The fourth-order valence-corrected chi connectivity index (χ4v) is 3.10. The van der Waals surface area contributed by atoms with E-state index in [4.69, 9.17) is 10.6 Å². The molecule has 1 atom stereocenters. The van der Waals surface area contributed by atoms with Crippen LogP contribution in [0.25, 0.3) is 11.4 Å². The van der Waals surface area contributed by atoms with Crippen LogP contribution in [0, 0.1) is 0 Å². The van der Waals surface area contributed by atoms with Crippen LogP contribution < -0.4 is 11.2 Å². The van der Waals surface area contributed by atoms with Gasteiger partial charge in [-0.3, -0.25) is 4.79 Å². The molecule has 0 radical (unpaired) electrons. The van der Waals surface area contributed by atoms with Crippen LogP contribution in [-0.4, -0.2) is 46.3 Å². The number of hydrogen-bond acceptors (Lipinski definition) is 6. The molecular weight excluding hydrogens is 350 g/mol. The van der Waals surface area contributed by atoms with E-state index >= 15 is 0 Å². The average Bonchev–Trinajstić information content (AvgIpc) is 2.95. The van der Waals surface area contributed by atoms with E-state index in [2.05, 4.69) is 48.4 Å². The number of aromatic nitrogens is 3. The van der Waals surface area contributed by atoms with Gasteiger partial charge >= 0.3 is 0 Å². The number of ether oxygens (including phenoxy) is 1. The molecule has 142 valence electrons. The normalized spacial score (nSPS) is 12.8. The predicted molar refractivity (Wildman–Crippen MR) is 105 cm³/mol. The predicted octanol–water partition coefficient (Wildman–Crippen LogP) is 2.20. The van der Waals surface area contributed by atoms with Crippen LogP contribution in [0.4, 0.5) is 0 Å². The van der Waals surface area contributed by atoms with E-state index in [1.807, 2.05) is 12.1 Å². The Kier molecular flexibility index (Phi) is 6.66. The van der Waals surface area contributed by atoms with E-state index in [0.29, 0.717) is 24.1 Å². The molecule has 0 spiro atoms. The molecule has 2 rings (SSSR count). The van der Waals surface area contributed by atoms with Crippen LogP contribution in [0.15, 0.2) is 29.4 Å². The molecular formula is C18H27N5O2S. The number of carbonyl (C=O) groups is 1. The second kappa shape index (κ2) is 8.55. The zero-order chi connectivity index (χ0) is 19.3. The fraction of sp³-hybridized carbons (Fsp3) is 0.500. The Morgan fingerprint density at radius 3 is 2.54 bits per heavy atom. The van der Waals surface area contributed by atoms with Crippen molar-refractivity contribution >= 4 is 17.7 Å². The Morgan fingerprint density at radius 2 is 1.96 bits per heavy atom. The maximum absolute atomic E-state index is 12.1. The second-order valence-electron chi connectivity index (χ2n) is 7.05. The van der Waals surface area contributed by atoms with E-state index in [-0.39, 0.29) is 16.6 Å². The van der Waals surface area contributed by atoms with Crippen LogP contribution >= 0.6 is 11.8 Å². The van der Waals surface area contributed by atoms with Crippen molar-refractivity contribution in [2.45, 2.75) is 43.5 Å². The molecule has 1 aromatic carbocycles. The first kappa shape index (κ1) is 20.3. The van der Waals surface area contributed by atoms with Gasteiger partial charge in [0, 0.05) is 19.2 Å². The summed E-state index contributed by atoms with van der Waals surface area (Å²) >= 11 is 1.27. The third-order valence-corrected chi connectivity index (χ3v) is 4.99. The summed E-state index contributed by atoms with van der Waals surface area (Å²) in [4.78, 5) is 12.1. The van der Waals surface area contributed by atoms with Crippen molar-refractivity contribution in [2.24, 2.45) is 0 Å². The lowest BCUT2D eigenvalue weighted by atomic mass is 9.87. The van der Waals surface area contributed by atoms with Gasteiger partial charge in [-0.25, -0.2) is 4.68 Å². The molecule has 1 amide bonds. The van der Waals surface area contributed by atoms with Gasteiger partial charge in [-0.2, -0.15) is 0 Å². The number of carbonyl (C=O) groups excluding carboxylic acids is 1. The molecule has 0 fully saturated rings. The minimum atomic E-state index is -0.338. The molecule has 0 aliphatic heterocycles. The maximum Gasteiger partial charge on any atom is 0.233 e. The fourth-order valence-electron chi connectivity index (χ4n) is 2.31. The van der Waals surface area contributed by atoms with Gasteiger partial charge in [0.2, 0.25) is 11.1 Å². The molecule has 0 unspecified atom stereocenters. The number of rotatable bonds is 7. The summed E-state index contributed by atoms with van der Waals surface area (Å²) in [6, 6.07) is 8.12. The van der Waals surface area contributed by atoms with E-state index in [1.54, 1.807) is 14.0 Å². The number of methoxy groups -OCH3 is 1. The first-order valence-corrected chi connectivity index (χ1v) is 9.36. The van der Waals surface area contributed by atoms with E-state index in [1.165, 1.54) is 22.0 Å². The van der Waals surface area contributed by atoms with Crippen LogP contribution in [0.3, 0.4) is 0 Å². The molecule has 0 bridgehead atoms. The van der Waals surface area contributed by atoms with Crippen molar-refractivity contribution in [1.29, 1.82) is 0 Å². The van der Waals surface area contributed by atoms with Crippen molar-refractivity contribution in [3.05, 3.63) is 29.8 Å². The minimum absolute atomic E-state index is 0.0849. The molecule has 1 heterocycles. The molecule has 3 N–H and O–H groups in total. The number of nitrogens with one attached hydrogen (secondary N) is 1. The van der Waals surface area contributed by atoms with E-state index in [9.17, 15) is 4.79 Å². The quantitative estimate of drug-likeness (QED) is 0.436. The molecule has 0 aliphatic carbocycles. The Labute approximate surface area is 158 Å². The molecule has 0 saturated carbocycles. The smallest absolute Gasteiger partial charge is 0.233 e. The number of hydrogen-bond donors (Lipinski definition) is 2. The highest BCUT2D eigenvalue weighted by atomic mass is 32.2. The largest absolute Gasteiger partial charge is 0.383 e. The number of benzene rings is 1. The SMILES string of the molecule is COCCNC(=O)[C@@H](C)Sc1nnc(-c2ccc(C(C)(C)C)cc2)n1N. The highest BCUT2D eigenvalue weighted by Gasteiger charge is 2.20. The van der Waals surface area contributed by atoms with Gasteiger partial charge in [0.05, 0.1) is 11.9 Å². The van der Waals surface area contributed by atoms with Crippen LogP contribution in [0.2, 0.25) is 0 Å². The molecule has 1 aromatic heterocycles. The van der Waals surface area contributed by atoms with Crippen LogP contribution in [0.1, 0.15) is 33.3 Å². The highest BCUT2D eigenvalue weighted by molar-refractivity contribution is 8.00. The highest BCUT2D eigenvalue weighted by Crippen LogP contribution is 2.27. The van der Waals surface area contributed by atoms with Gasteiger partial charge in [0.15, 0.2) is 5.82 Å². The minimum Gasteiger partial charge on any atom is -0.383 e. The lowest BCUT2D eigenvalue weighted by molar-refractivity contribution is -0.120. The van der Waals surface area contributed by atoms with Gasteiger partial charge in [0.25, 0.3) is 0 Å². The van der Waals surface area contributed by atoms with Gasteiger partial charge in [-0.05, 0) is 17.9 Å². The van der Waals surface area contributed by atoms with E-state index in [0.717, 1.165) is 5.56 Å².